The molecule has 0 aliphatic rings. The van der Waals surface area contributed by atoms with E-state index in [9.17, 15) is 14.7 Å². The molecule has 0 radical (unpaired) electrons. The maximum atomic E-state index is 12.0. The van der Waals surface area contributed by atoms with E-state index in [2.05, 4.69) is 4.74 Å². The largest absolute Gasteiger partial charge is 0.493 e. The first kappa shape index (κ1) is 23.8. The quantitative estimate of drug-likeness (QED) is 0.457. The zero-order valence-electron chi connectivity index (χ0n) is 18.5. The van der Waals surface area contributed by atoms with Crippen molar-refractivity contribution in [2.75, 3.05) is 20.8 Å². The minimum absolute atomic E-state index is 0.0557. The number of benzene rings is 3. The monoisotopic (exact) mass is 450 g/mol. The van der Waals surface area contributed by atoms with E-state index >= 15 is 0 Å². The molecular weight excluding hydrogens is 424 g/mol. The molecule has 33 heavy (non-hydrogen) atoms. The summed E-state index contributed by atoms with van der Waals surface area (Å²) in [5.74, 6) is 0.563. The van der Waals surface area contributed by atoms with Gasteiger partial charge in [-0.15, -0.1) is 0 Å². The second kappa shape index (κ2) is 11.7. The standard InChI is InChI=1S/C26H26O7/c1-30-25(28)23-13-12-22(17-24(23)26(29)31-2)32-15-14-19(27)16-18-8-10-21(11-9-18)33-20-6-4-3-5-7-20/h3-13,17,19,27H,14-16H2,1-2H3. The summed E-state index contributed by atoms with van der Waals surface area (Å²) in [6.45, 7) is 0.231. The average molecular weight is 450 g/mol. The molecule has 0 bridgehead atoms. The summed E-state index contributed by atoms with van der Waals surface area (Å²) in [7, 11) is 2.46. The number of hydrogen-bond donors (Lipinski definition) is 1. The molecule has 3 aromatic carbocycles. The predicted octanol–water partition coefficient (Wildman–Crippen LogP) is 4.42. The van der Waals surface area contributed by atoms with Crippen LogP contribution in [0, 0.1) is 0 Å². The van der Waals surface area contributed by atoms with Crippen LogP contribution in [0.5, 0.6) is 17.2 Å². The molecule has 1 atom stereocenters. The van der Waals surface area contributed by atoms with E-state index in [0.717, 1.165) is 17.1 Å². The Kier molecular flexibility index (Phi) is 8.43. The number of aliphatic hydroxyl groups is 1. The zero-order valence-corrected chi connectivity index (χ0v) is 18.5. The van der Waals surface area contributed by atoms with Gasteiger partial charge in [-0.3, -0.25) is 0 Å². The van der Waals surface area contributed by atoms with E-state index in [1.807, 2.05) is 54.6 Å². The summed E-state index contributed by atoms with van der Waals surface area (Å²) in [6.07, 6.45) is 0.235. The fraction of sp³-hybridized carbons (Fsp3) is 0.231. The van der Waals surface area contributed by atoms with Crippen LogP contribution < -0.4 is 9.47 Å². The molecule has 172 valence electrons. The molecule has 0 aliphatic heterocycles. The molecular formula is C26H26O7. The highest BCUT2D eigenvalue weighted by atomic mass is 16.5. The first-order valence-corrected chi connectivity index (χ1v) is 10.4. The molecule has 0 fully saturated rings. The van der Waals surface area contributed by atoms with Gasteiger partial charge in [-0.1, -0.05) is 30.3 Å². The number of rotatable bonds is 10. The van der Waals surface area contributed by atoms with E-state index < -0.39 is 18.0 Å². The Morgan fingerprint density at radius 2 is 1.39 bits per heavy atom. The fourth-order valence-corrected chi connectivity index (χ4v) is 3.19. The van der Waals surface area contributed by atoms with Gasteiger partial charge in [-0.2, -0.15) is 0 Å². The van der Waals surface area contributed by atoms with Gasteiger partial charge in [-0.05, 0) is 54.4 Å². The van der Waals surface area contributed by atoms with Crippen LogP contribution in [0.3, 0.4) is 0 Å². The summed E-state index contributed by atoms with van der Waals surface area (Å²) in [6, 6.07) is 21.5. The van der Waals surface area contributed by atoms with Crippen LogP contribution in [0.4, 0.5) is 0 Å². The average Bonchev–Trinajstić information content (AvgIpc) is 2.85. The summed E-state index contributed by atoms with van der Waals surface area (Å²) in [5.41, 5.74) is 1.12. The lowest BCUT2D eigenvalue weighted by Gasteiger charge is -2.13. The van der Waals surface area contributed by atoms with Crippen LogP contribution in [0.25, 0.3) is 0 Å². The first-order chi connectivity index (χ1) is 16.0. The minimum Gasteiger partial charge on any atom is -0.493 e. The highest BCUT2D eigenvalue weighted by molar-refractivity contribution is 6.03. The second-order valence-electron chi connectivity index (χ2n) is 7.24. The van der Waals surface area contributed by atoms with Crippen molar-refractivity contribution in [2.24, 2.45) is 0 Å². The highest BCUT2D eigenvalue weighted by Gasteiger charge is 2.19. The van der Waals surface area contributed by atoms with E-state index in [0.29, 0.717) is 18.6 Å². The SMILES string of the molecule is COC(=O)c1ccc(OCCC(O)Cc2ccc(Oc3ccccc3)cc2)cc1C(=O)OC. The summed E-state index contributed by atoms with van der Waals surface area (Å²) in [4.78, 5) is 23.8. The van der Waals surface area contributed by atoms with Gasteiger partial charge in [0.2, 0.25) is 0 Å². The van der Waals surface area contributed by atoms with Crippen LogP contribution >= 0.6 is 0 Å². The molecule has 0 saturated heterocycles. The Bertz CT molecular complexity index is 1060. The van der Waals surface area contributed by atoms with Gasteiger partial charge in [-0.25, -0.2) is 9.59 Å². The number of ether oxygens (including phenoxy) is 4. The number of carbonyl (C=O) groups excluding carboxylic acids is 2. The third-order valence-electron chi connectivity index (χ3n) is 4.90. The smallest absolute Gasteiger partial charge is 0.338 e. The maximum Gasteiger partial charge on any atom is 0.338 e. The van der Waals surface area contributed by atoms with Crippen molar-refractivity contribution in [1.82, 2.24) is 0 Å². The van der Waals surface area contributed by atoms with E-state index in [4.69, 9.17) is 14.2 Å². The summed E-state index contributed by atoms with van der Waals surface area (Å²) in [5, 5.41) is 10.4. The Balaban J connectivity index is 1.51. The molecule has 7 nitrogen and oxygen atoms in total. The topological polar surface area (TPSA) is 91.3 Å². The number of methoxy groups -OCH3 is 2. The van der Waals surface area contributed by atoms with Gasteiger partial charge in [0, 0.05) is 6.42 Å². The third-order valence-corrected chi connectivity index (χ3v) is 4.90. The predicted molar refractivity (Wildman–Crippen MR) is 122 cm³/mol. The lowest BCUT2D eigenvalue weighted by molar-refractivity contribution is 0.0554. The molecule has 3 aromatic rings. The van der Waals surface area contributed by atoms with Crippen LogP contribution in [0.15, 0.2) is 72.8 Å². The van der Waals surface area contributed by atoms with E-state index in [1.165, 1.54) is 26.4 Å². The van der Waals surface area contributed by atoms with Crippen molar-refractivity contribution in [1.29, 1.82) is 0 Å². The van der Waals surface area contributed by atoms with Gasteiger partial charge in [0.15, 0.2) is 0 Å². The number of carbonyl (C=O) groups is 2. The lowest BCUT2D eigenvalue weighted by Crippen LogP contribution is -2.15. The Hall–Kier alpha value is -3.84. The normalized spacial score (nSPS) is 11.4. The van der Waals surface area contributed by atoms with Gasteiger partial charge < -0.3 is 24.1 Å². The molecule has 3 rings (SSSR count). The first-order valence-electron chi connectivity index (χ1n) is 10.4. The molecule has 7 heteroatoms. The van der Waals surface area contributed by atoms with Gasteiger partial charge in [0.1, 0.15) is 17.2 Å². The van der Waals surface area contributed by atoms with Crippen molar-refractivity contribution in [3.8, 4) is 17.2 Å². The number of hydrogen-bond acceptors (Lipinski definition) is 7. The minimum atomic E-state index is -0.666. The third kappa shape index (κ3) is 6.82. The van der Waals surface area contributed by atoms with Crippen LogP contribution in [-0.4, -0.2) is 44.0 Å². The van der Waals surface area contributed by atoms with Crippen molar-refractivity contribution in [3.05, 3.63) is 89.5 Å². The Labute approximate surface area is 192 Å². The molecule has 1 N–H and O–H groups in total. The van der Waals surface area contributed by atoms with Crippen LogP contribution in [0.2, 0.25) is 0 Å². The Morgan fingerprint density at radius 1 is 0.788 bits per heavy atom. The molecule has 0 spiro atoms. The summed E-state index contributed by atoms with van der Waals surface area (Å²) < 4.78 is 20.9. The van der Waals surface area contributed by atoms with Gasteiger partial charge in [0.25, 0.3) is 0 Å². The molecule has 0 amide bonds. The van der Waals surface area contributed by atoms with Gasteiger partial charge in [0.05, 0.1) is 38.1 Å². The number of para-hydroxylation sites is 1. The van der Waals surface area contributed by atoms with Crippen molar-refractivity contribution < 1.29 is 33.6 Å². The summed E-state index contributed by atoms with van der Waals surface area (Å²) >= 11 is 0. The van der Waals surface area contributed by atoms with Crippen LogP contribution in [0.1, 0.15) is 32.7 Å². The van der Waals surface area contributed by atoms with Crippen molar-refractivity contribution in [2.45, 2.75) is 18.9 Å². The highest BCUT2D eigenvalue weighted by Crippen LogP contribution is 2.22. The molecule has 0 saturated carbocycles. The van der Waals surface area contributed by atoms with Crippen LogP contribution in [-0.2, 0) is 15.9 Å². The van der Waals surface area contributed by atoms with E-state index in [-0.39, 0.29) is 17.7 Å². The molecule has 0 aromatic heterocycles. The lowest BCUT2D eigenvalue weighted by atomic mass is 10.1. The fourth-order valence-electron chi connectivity index (χ4n) is 3.19. The molecule has 1 unspecified atom stereocenters. The number of aliphatic hydroxyl groups excluding tert-OH is 1. The van der Waals surface area contributed by atoms with Crippen molar-refractivity contribution in [3.63, 3.8) is 0 Å². The van der Waals surface area contributed by atoms with Crippen molar-refractivity contribution >= 4 is 11.9 Å². The van der Waals surface area contributed by atoms with E-state index in [1.54, 1.807) is 6.07 Å². The maximum absolute atomic E-state index is 12.0. The zero-order chi connectivity index (χ0) is 23.6. The number of esters is 2. The second-order valence-corrected chi connectivity index (χ2v) is 7.24. The van der Waals surface area contributed by atoms with Gasteiger partial charge >= 0.3 is 11.9 Å². The molecule has 0 heterocycles. The molecule has 0 aliphatic carbocycles. The Morgan fingerprint density at radius 3 is 2.06 bits per heavy atom.